The van der Waals surface area contributed by atoms with Crippen LogP contribution < -0.4 is 10.2 Å². The highest BCUT2D eigenvalue weighted by molar-refractivity contribution is 9.10. The molecular weight excluding hydrogens is 504 g/mol. The van der Waals surface area contributed by atoms with Crippen LogP contribution in [0.1, 0.15) is 27.8 Å². The molecule has 1 aliphatic heterocycles. The SMILES string of the molecule is Cc1cc(C)cc(Cc2ccc(/C=C3\C(=O)NC(=O)N(c4ccc(Br)cc4)C3=O)cc2Cl)c1. The second kappa shape index (κ2) is 9.33. The fourth-order valence-electron chi connectivity index (χ4n) is 3.84. The van der Waals surface area contributed by atoms with Gasteiger partial charge >= 0.3 is 6.03 Å². The highest BCUT2D eigenvalue weighted by Gasteiger charge is 2.36. The van der Waals surface area contributed by atoms with Crippen LogP contribution >= 0.6 is 27.5 Å². The van der Waals surface area contributed by atoms with Crippen LogP contribution in [-0.4, -0.2) is 17.8 Å². The zero-order chi connectivity index (χ0) is 23.7. The van der Waals surface area contributed by atoms with Gasteiger partial charge in [-0.15, -0.1) is 0 Å². The summed E-state index contributed by atoms with van der Waals surface area (Å²) in [5.74, 6) is -1.43. The van der Waals surface area contributed by atoms with Crippen LogP contribution in [0.2, 0.25) is 5.02 Å². The highest BCUT2D eigenvalue weighted by atomic mass is 79.9. The highest BCUT2D eigenvalue weighted by Crippen LogP contribution is 2.26. The third-order valence-corrected chi connectivity index (χ3v) is 6.13. The van der Waals surface area contributed by atoms with Crippen molar-refractivity contribution in [2.24, 2.45) is 0 Å². The van der Waals surface area contributed by atoms with Gasteiger partial charge in [-0.1, -0.05) is 69.0 Å². The number of nitrogens with one attached hydrogen (secondary N) is 1. The van der Waals surface area contributed by atoms with E-state index >= 15 is 0 Å². The summed E-state index contributed by atoms with van der Waals surface area (Å²) in [7, 11) is 0. The Morgan fingerprint density at radius 2 is 1.61 bits per heavy atom. The Labute approximate surface area is 205 Å². The third kappa shape index (κ3) is 5.07. The van der Waals surface area contributed by atoms with E-state index < -0.39 is 17.8 Å². The van der Waals surface area contributed by atoms with Crippen molar-refractivity contribution in [3.63, 3.8) is 0 Å². The maximum Gasteiger partial charge on any atom is 0.335 e. The van der Waals surface area contributed by atoms with Crippen molar-refractivity contribution in [3.05, 3.63) is 104 Å². The minimum absolute atomic E-state index is 0.143. The van der Waals surface area contributed by atoms with Crippen LogP contribution in [0.4, 0.5) is 10.5 Å². The molecule has 1 saturated heterocycles. The van der Waals surface area contributed by atoms with Crippen molar-refractivity contribution < 1.29 is 14.4 Å². The molecule has 1 fully saturated rings. The van der Waals surface area contributed by atoms with Crippen LogP contribution in [0.5, 0.6) is 0 Å². The number of rotatable bonds is 4. The first-order valence-corrected chi connectivity index (χ1v) is 11.4. The quantitative estimate of drug-likeness (QED) is 0.338. The molecule has 0 bridgehead atoms. The fraction of sp³-hybridized carbons (Fsp3) is 0.115. The second-order valence-corrected chi connectivity index (χ2v) is 9.28. The summed E-state index contributed by atoms with van der Waals surface area (Å²) in [5.41, 5.74) is 5.29. The van der Waals surface area contributed by atoms with Crippen molar-refractivity contribution in [2.75, 3.05) is 4.90 Å². The minimum Gasteiger partial charge on any atom is -0.273 e. The van der Waals surface area contributed by atoms with E-state index in [1.165, 1.54) is 17.2 Å². The van der Waals surface area contributed by atoms with E-state index in [1.807, 2.05) is 6.07 Å². The molecule has 1 N–H and O–H groups in total. The number of anilines is 1. The number of barbiturate groups is 1. The summed E-state index contributed by atoms with van der Waals surface area (Å²) in [6.45, 7) is 4.11. The van der Waals surface area contributed by atoms with Crippen molar-refractivity contribution in [3.8, 4) is 0 Å². The Bertz CT molecular complexity index is 1300. The molecule has 0 saturated carbocycles. The van der Waals surface area contributed by atoms with Gasteiger partial charge in [0, 0.05) is 9.50 Å². The van der Waals surface area contributed by atoms with Crippen LogP contribution in [0.3, 0.4) is 0 Å². The summed E-state index contributed by atoms with van der Waals surface area (Å²) in [6.07, 6.45) is 2.12. The normalized spacial score (nSPS) is 15.2. The zero-order valence-corrected chi connectivity index (χ0v) is 20.3. The van der Waals surface area contributed by atoms with Gasteiger partial charge in [0.05, 0.1) is 5.69 Å². The lowest BCUT2D eigenvalue weighted by Gasteiger charge is -2.26. The van der Waals surface area contributed by atoms with E-state index in [-0.39, 0.29) is 5.57 Å². The maximum atomic E-state index is 13.0. The molecule has 3 aromatic rings. The van der Waals surface area contributed by atoms with Gasteiger partial charge in [0.1, 0.15) is 5.57 Å². The molecule has 166 valence electrons. The number of halogens is 2. The topological polar surface area (TPSA) is 66.5 Å². The van der Waals surface area contributed by atoms with Crippen LogP contribution in [-0.2, 0) is 16.0 Å². The third-order valence-electron chi connectivity index (χ3n) is 5.25. The van der Waals surface area contributed by atoms with Gasteiger partial charge < -0.3 is 0 Å². The number of urea groups is 1. The van der Waals surface area contributed by atoms with E-state index in [1.54, 1.807) is 36.4 Å². The van der Waals surface area contributed by atoms with E-state index in [0.29, 0.717) is 22.7 Å². The molecule has 5 nitrogen and oxygen atoms in total. The van der Waals surface area contributed by atoms with Gasteiger partial charge in [-0.05, 0) is 73.4 Å². The standard InChI is InChI=1S/C26H20BrClN2O3/c1-15-9-16(2)11-18(10-15)12-19-4-3-17(14-23(19)28)13-22-24(31)29-26(33)30(25(22)32)21-7-5-20(27)6-8-21/h3-11,13-14H,12H2,1-2H3,(H,29,31,33)/b22-13+. The predicted octanol–water partition coefficient (Wildman–Crippen LogP) is 5.98. The van der Waals surface area contributed by atoms with Crippen LogP contribution in [0, 0.1) is 13.8 Å². The van der Waals surface area contributed by atoms with Crippen LogP contribution in [0.15, 0.2) is 70.7 Å². The first kappa shape index (κ1) is 23.0. The molecule has 0 atom stereocenters. The van der Waals surface area contributed by atoms with Gasteiger partial charge in [0.2, 0.25) is 0 Å². The molecule has 0 aromatic heterocycles. The molecule has 0 spiro atoms. The summed E-state index contributed by atoms with van der Waals surface area (Å²) in [5, 5.41) is 2.76. The molecule has 0 unspecified atom stereocenters. The van der Waals surface area contributed by atoms with Gasteiger partial charge in [0.15, 0.2) is 0 Å². The largest absolute Gasteiger partial charge is 0.335 e. The number of hydrogen-bond acceptors (Lipinski definition) is 3. The van der Waals surface area contributed by atoms with Gasteiger partial charge in [-0.3, -0.25) is 14.9 Å². The molecule has 33 heavy (non-hydrogen) atoms. The van der Waals surface area contributed by atoms with Crippen molar-refractivity contribution in [1.29, 1.82) is 0 Å². The summed E-state index contributed by atoms with van der Waals surface area (Å²) in [6, 6.07) is 17.6. The number of carbonyl (C=O) groups is 3. The van der Waals surface area contributed by atoms with E-state index in [4.69, 9.17) is 11.6 Å². The first-order valence-electron chi connectivity index (χ1n) is 10.2. The number of amides is 4. The molecule has 3 aromatic carbocycles. The average molecular weight is 524 g/mol. The first-order chi connectivity index (χ1) is 15.7. The van der Waals surface area contributed by atoms with Crippen molar-refractivity contribution >= 4 is 57.1 Å². The molecule has 0 aliphatic carbocycles. The second-order valence-electron chi connectivity index (χ2n) is 7.96. The van der Waals surface area contributed by atoms with Crippen molar-refractivity contribution in [1.82, 2.24) is 5.32 Å². The Balaban J connectivity index is 1.62. The van der Waals surface area contributed by atoms with E-state index in [9.17, 15) is 14.4 Å². The Hall–Kier alpha value is -3.22. The molecule has 4 amide bonds. The smallest absolute Gasteiger partial charge is 0.273 e. The maximum absolute atomic E-state index is 13.0. The average Bonchev–Trinajstić information content (AvgIpc) is 2.73. The Morgan fingerprint density at radius 1 is 0.939 bits per heavy atom. The van der Waals surface area contributed by atoms with Crippen LogP contribution in [0.25, 0.3) is 6.08 Å². The molecule has 1 heterocycles. The monoisotopic (exact) mass is 522 g/mol. The number of aryl methyl sites for hydroxylation is 2. The molecule has 0 radical (unpaired) electrons. The lowest BCUT2D eigenvalue weighted by atomic mass is 9.99. The summed E-state index contributed by atoms with van der Waals surface area (Å²) in [4.78, 5) is 38.7. The number of hydrogen-bond donors (Lipinski definition) is 1. The Morgan fingerprint density at radius 3 is 2.24 bits per heavy atom. The van der Waals surface area contributed by atoms with E-state index in [0.717, 1.165) is 20.5 Å². The number of nitrogens with zero attached hydrogens (tertiary/aromatic N) is 1. The zero-order valence-electron chi connectivity index (χ0n) is 18.0. The molecule has 4 rings (SSSR count). The number of imide groups is 2. The van der Waals surface area contributed by atoms with Gasteiger partial charge in [-0.25, -0.2) is 9.69 Å². The van der Waals surface area contributed by atoms with Gasteiger partial charge in [-0.2, -0.15) is 0 Å². The fourth-order valence-corrected chi connectivity index (χ4v) is 4.36. The lowest BCUT2D eigenvalue weighted by Crippen LogP contribution is -2.54. The molecule has 1 aliphatic rings. The Kier molecular flexibility index (Phi) is 6.49. The summed E-state index contributed by atoms with van der Waals surface area (Å²) >= 11 is 9.85. The number of carbonyl (C=O) groups excluding carboxylic acids is 3. The van der Waals surface area contributed by atoms with Crippen molar-refractivity contribution in [2.45, 2.75) is 20.3 Å². The molecular formula is C26H20BrClN2O3. The predicted molar refractivity (Wildman–Crippen MR) is 133 cm³/mol. The number of benzene rings is 3. The lowest BCUT2D eigenvalue weighted by molar-refractivity contribution is -0.122. The minimum atomic E-state index is -0.786. The molecule has 7 heteroatoms. The van der Waals surface area contributed by atoms with Gasteiger partial charge in [0.25, 0.3) is 11.8 Å². The van der Waals surface area contributed by atoms with E-state index in [2.05, 4.69) is 53.3 Å². The summed E-state index contributed by atoms with van der Waals surface area (Å²) < 4.78 is 0.804.